The van der Waals surface area contributed by atoms with Crippen molar-refractivity contribution in [3.8, 4) is 0 Å². The van der Waals surface area contributed by atoms with E-state index < -0.39 is 52.8 Å². The van der Waals surface area contributed by atoms with Crippen molar-refractivity contribution in [1.82, 2.24) is 14.5 Å². The van der Waals surface area contributed by atoms with Gasteiger partial charge in [0.25, 0.3) is 11.2 Å². The molecule has 4 aromatic rings. The number of nitro groups is 1. The molecule has 0 radical (unpaired) electrons. The van der Waals surface area contributed by atoms with Crippen LogP contribution in [0, 0.1) is 17.0 Å². The van der Waals surface area contributed by atoms with Gasteiger partial charge in [0.05, 0.1) is 17.5 Å². The van der Waals surface area contributed by atoms with Crippen molar-refractivity contribution in [2.45, 2.75) is 51.4 Å². The number of ether oxygens (including phenoxy) is 4. The first-order valence-corrected chi connectivity index (χ1v) is 15.0. The number of aromatic nitrogens is 3. The summed E-state index contributed by atoms with van der Waals surface area (Å²) < 4.78 is 23.8. The number of H-pyrrole nitrogens is 1. The van der Waals surface area contributed by atoms with Crippen LogP contribution in [-0.4, -0.2) is 56.9 Å². The molecule has 2 aromatic carbocycles. The highest BCUT2D eigenvalue weighted by atomic mass is 16.7. The highest BCUT2D eigenvalue weighted by molar-refractivity contribution is 5.66. The van der Waals surface area contributed by atoms with Crippen LogP contribution in [-0.2, 0) is 30.3 Å². The molecule has 5 rings (SSSR count). The average Bonchev–Trinajstić information content (AvgIpc) is 3.47. The van der Waals surface area contributed by atoms with Gasteiger partial charge in [0, 0.05) is 43.9 Å². The predicted molar refractivity (Wildman–Crippen MR) is 170 cm³/mol. The second-order valence-electron chi connectivity index (χ2n) is 11.1. The van der Waals surface area contributed by atoms with E-state index in [-0.39, 0.29) is 30.8 Å². The quantitative estimate of drug-likeness (QED) is 0.131. The van der Waals surface area contributed by atoms with Crippen LogP contribution in [0.1, 0.15) is 42.4 Å². The Kier molecular flexibility index (Phi) is 10.6. The molecule has 0 spiro atoms. The van der Waals surface area contributed by atoms with Gasteiger partial charge in [-0.3, -0.25) is 29.3 Å². The van der Waals surface area contributed by atoms with E-state index in [2.05, 4.69) is 9.97 Å². The Morgan fingerprint density at radius 3 is 2.52 bits per heavy atom. The number of carbonyl (C=O) groups is 2. The largest absolute Gasteiger partial charge is 0.509 e. The number of aromatic amines is 1. The van der Waals surface area contributed by atoms with Crippen molar-refractivity contribution < 1.29 is 33.5 Å². The van der Waals surface area contributed by atoms with E-state index in [0.29, 0.717) is 17.9 Å². The summed E-state index contributed by atoms with van der Waals surface area (Å²) in [6, 6.07) is 20.9. The summed E-state index contributed by atoms with van der Waals surface area (Å²) in [7, 11) is 0. The number of anilines is 1. The monoisotopic (exact) mass is 659 g/mol. The molecule has 3 heterocycles. The normalized spacial score (nSPS) is 17.7. The molecule has 2 aromatic heterocycles. The topological polar surface area (TPSA) is 185 Å². The standard InChI is InChI=1S/C33H33N5O10/c1-21-17-37(32(41)35-31(21)40)30-16-26(46-22(2)39)28(47-30)20-45-33(42)48-27(24-11-7-4-8-12-24)19-36(18-23-9-5-3-6-10-23)29-15-25(38(43)44)13-14-34-29/h3-15,17,26-28,30H,16,18-20H2,1-2H3,(H,35,40,41)/t26-,27?,28+,30+/m0/s1. The summed E-state index contributed by atoms with van der Waals surface area (Å²) in [5.41, 5.74) is 0.402. The minimum Gasteiger partial charge on any atom is -0.459 e. The summed E-state index contributed by atoms with van der Waals surface area (Å²) >= 11 is 0. The van der Waals surface area contributed by atoms with Crippen LogP contribution in [0.25, 0.3) is 0 Å². The molecule has 15 heteroatoms. The maximum absolute atomic E-state index is 13.2. The molecule has 48 heavy (non-hydrogen) atoms. The molecule has 0 aliphatic carbocycles. The second kappa shape index (κ2) is 15.2. The van der Waals surface area contributed by atoms with E-state index >= 15 is 0 Å². The van der Waals surface area contributed by atoms with Gasteiger partial charge in [0.15, 0.2) is 0 Å². The Bertz CT molecular complexity index is 1860. The van der Waals surface area contributed by atoms with Gasteiger partial charge in [-0.05, 0) is 18.1 Å². The maximum atomic E-state index is 13.2. The van der Waals surface area contributed by atoms with Gasteiger partial charge in [-0.25, -0.2) is 14.6 Å². The Morgan fingerprint density at radius 1 is 1.12 bits per heavy atom. The molecule has 1 aliphatic rings. The molecule has 0 bridgehead atoms. The number of rotatable bonds is 12. The Hall–Kier alpha value is -5.83. The summed E-state index contributed by atoms with van der Waals surface area (Å²) in [4.78, 5) is 68.7. The minimum absolute atomic E-state index is 0.0503. The van der Waals surface area contributed by atoms with Crippen molar-refractivity contribution in [3.63, 3.8) is 0 Å². The Labute approximate surface area is 273 Å². The molecule has 1 fully saturated rings. The van der Waals surface area contributed by atoms with E-state index in [1.807, 2.05) is 30.3 Å². The number of hydrogen-bond acceptors (Lipinski definition) is 12. The molecule has 4 atom stereocenters. The SMILES string of the molecule is CC(=O)O[C@H]1C[C@H](n2cc(C)c(=O)[nH]c2=O)O[C@@H]1COC(=O)OC(CN(Cc1ccccc1)c1cc([N+](=O)[O-])ccn1)c1ccccc1. The average molecular weight is 660 g/mol. The zero-order valence-electron chi connectivity index (χ0n) is 26.1. The van der Waals surface area contributed by atoms with Gasteiger partial charge >= 0.3 is 17.8 Å². The summed E-state index contributed by atoms with van der Waals surface area (Å²) in [6.45, 7) is 2.71. The number of nitrogens with one attached hydrogen (secondary N) is 1. The van der Waals surface area contributed by atoms with E-state index in [0.717, 1.165) is 5.56 Å². The van der Waals surface area contributed by atoms with Crippen LogP contribution in [0.4, 0.5) is 16.3 Å². The fraction of sp³-hybridized carbons (Fsp3) is 0.303. The van der Waals surface area contributed by atoms with E-state index in [4.69, 9.17) is 18.9 Å². The van der Waals surface area contributed by atoms with Crippen LogP contribution in [0.15, 0.2) is 94.8 Å². The van der Waals surface area contributed by atoms with Crippen molar-refractivity contribution in [1.29, 1.82) is 0 Å². The molecular weight excluding hydrogens is 626 g/mol. The molecule has 0 saturated carbocycles. The molecule has 1 saturated heterocycles. The third-order valence-electron chi connectivity index (χ3n) is 7.60. The summed E-state index contributed by atoms with van der Waals surface area (Å²) in [6.07, 6.45) is -1.95. The van der Waals surface area contributed by atoms with Gasteiger partial charge in [-0.1, -0.05) is 60.7 Å². The molecule has 1 N–H and O–H groups in total. The van der Waals surface area contributed by atoms with E-state index in [1.54, 1.807) is 35.2 Å². The van der Waals surface area contributed by atoms with Crippen molar-refractivity contribution in [2.24, 2.45) is 0 Å². The molecule has 0 amide bonds. The van der Waals surface area contributed by atoms with Crippen LogP contribution in [0.5, 0.6) is 0 Å². The second-order valence-corrected chi connectivity index (χ2v) is 11.1. The van der Waals surface area contributed by atoms with Gasteiger partial charge in [-0.15, -0.1) is 0 Å². The number of esters is 1. The molecule has 250 valence electrons. The maximum Gasteiger partial charge on any atom is 0.509 e. The number of benzene rings is 2. The third-order valence-corrected chi connectivity index (χ3v) is 7.60. The summed E-state index contributed by atoms with van der Waals surface area (Å²) in [5.74, 6) is -0.299. The number of aryl methyl sites for hydroxylation is 1. The van der Waals surface area contributed by atoms with Crippen LogP contribution >= 0.6 is 0 Å². The molecule has 1 aliphatic heterocycles. The zero-order valence-corrected chi connectivity index (χ0v) is 26.1. The van der Waals surface area contributed by atoms with Crippen LogP contribution in [0.3, 0.4) is 0 Å². The molecule has 15 nitrogen and oxygen atoms in total. The lowest BCUT2D eigenvalue weighted by Gasteiger charge is -2.29. The fourth-order valence-corrected chi connectivity index (χ4v) is 5.27. The minimum atomic E-state index is -1.05. The zero-order chi connectivity index (χ0) is 34.2. The molecular formula is C33H33N5O10. The van der Waals surface area contributed by atoms with Gasteiger partial charge in [-0.2, -0.15) is 0 Å². The van der Waals surface area contributed by atoms with Crippen LogP contribution < -0.4 is 16.1 Å². The fourth-order valence-electron chi connectivity index (χ4n) is 5.27. The number of carbonyl (C=O) groups excluding carboxylic acids is 2. The Balaban J connectivity index is 1.34. The predicted octanol–water partition coefficient (Wildman–Crippen LogP) is 3.97. The highest BCUT2D eigenvalue weighted by Crippen LogP contribution is 2.31. The highest BCUT2D eigenvalue weighted by Gasteiger charge is 2.40. The van der Waals surface area contributed by atoms with Gasteiger partial charge < -0.3 is 23.8 Å². The van der Waals surface area contributed by atoms with E-state index in [9.17, 15) is 29.3 Å². The number of nitrogens with zero attached hydrogens (tertiary/aromatic N) is 4. The van der Waals surface area contributed by atoms with Crippen molar-refractivity contribution >= 4 is 23.6 Å². The van der Waals surface area contributed by atoms with Crippen molar-refractivity contribution in [2.75, 3.05) is 18.1 Å². The summed E-state index contributed by atoms with van der Waals surface area (Å²) in [5, 5.41) is 11.5. The lowest BCUT2D eigenvalue weighted by Crippen LogP contribution is -2.34. The van der Waals surface area contributed by atoms with Crippen molar-refractivity contribution in [3.05, 3.63) is 133 Å². The van der Waals surface area contributed by atoms with E-state index in [1.165, 1.54) is 42.9 Å². The van der Waals surface area contributed by atoms with Crippen LogP contribution in [0.2, 0.25) is 0 Å². The van der Waals surface area contributed by atoms with Gasteiger partial charge in [0.2, 0.25) is 0 Å². The molecule has 1 unspecified atom stereocenters. The third kappa shape index (κ3) is 8.50. The first-order valence-electron chi connectivity index (χ1n) is 15.0. The smallest absolute Gasteiger partial charge is 0.459 e. The lowest BCUT2D eigenvalue weighted by atomic mass is 10.1. The first kappa shape index (κ1) is 33.5. The number of pyridine rings is 1. The van der Waals surface area contributed by atoms with Gasteiger partial charge in [0.1, 0.15) is 37.0 Å². The number of hydrogen-bond donors (Lipinski definition) is 1. The first-order chi connectivity index (χ1) is 23.1. The Morgan fingerprint density at radius 2 is 1.83 bits per heavy atom. The lowest BCUT2D eigenvalue weighted by molar-refractivity contribution is -0.384.